The SMILES string of the molecule is CC(C)c1ccc(NC(=O)c2c(-c3cc(F)ccc3F)ncnc2N2CC[C@H](F)C2)cn1. The Hall–Kier alpha value is -3.49. The van der Waals surface area contributed by atoms with Gasteiger partial charge in [0.1, 0.15) is 35.5 Å². The molecule has 1 amide bonds. The number of nitrogens with zero attached hydrogens (tertiary/aromatic N) is 4. The number of nitrogens with one attached hydrogen (secondary N) is 1. The molecule has 9 heteroatoms. The van der Waals surface area contributed by atoms with Crippen LogP contribution in [0.4, 0.5) is 24.7 Å². The van der Waals surface area contributed by atoms with Gasteiger partial charge in [0.15, 0.2) is 0 Å². The van der Waals surface area contributed by atoms with E-state index in [2.05, 4.69) is 20.3 Å². The second-order valence-corrected chi connectivity index (χ2v) is 7.96. The van der Waals surface area contributed by atoms with E-state index in [9.17, 15) is 18.0 Å². The number of carbonyl (C=O) groups is 1. The molecule has 1 fully saturated rings. The standard InChI is InChI=1S/C23H22F3N5O/c1-13(2)19-6-4-16(10-27-19)30-23(32)20-21(17-9-14(24)3-5-18(17)26)28-12-29-22(20)31-8-7-15(25)11-31/h3-6,9-10,12-13,15H,7-8,11H2,1-2H3,(H,30,32)/t15-/m0/s1. The van der Waals surface area contributed by atoms with E-state index >= 15 is 0 Å². The summed E-state index contributed by atoms with van der Waals surface area (Å²) in [5, 5.41) is 2.73. The lowest BCUT2D eigenvalue weighted by Crippen LogP contribution is -2.26. The monoisotopic (exact) mass is 441 g/mol. The molecule has 0 aliphatic carbocycles. The van der Waals surface area contributed by atoms with Crippen LogP contribution in [0.25, 0.3) is 11.3 Å². The fraction of sp³-hybridized carbons (Fsp3) is 0.304. The summed E-state index contributed by atoms with van der Waals surface area (Å²) in [4.78, 5) is 27.5. The number of hydrogen-bond donors (Lipinski definition) is 1. The number of rotatable bonds is 5. The van der Waals surface area contributed by atoms with Crippen LogP contribution in [-0.4, -0.2) is 40.1 Å². The van der Waals surface area contributed by atoms with Gasteiger partial charge in [-0.15, -0.1) is 0 Å². The van der Waals surface area contributed by atoms with Crippen molar-refractivity contribution in [3.05, 3.63) is 65.7 Å². The number of hydrogen-bond acceptors (Lipinski definition) is 5. The average Bonchev–Trinajstić information content (AvgIpc) is 3.21. The fourth-order valence-electron chi connectivity index (χ4n) is 3.63. The molecule has 1 aromatic carbocycles. The molecule has 0 spiro atoms. The first kappa shape index (κ1) is 21.7. The third-order valence-corrected chi connectivity index (χ3v) is 5.30. The van der Waals surface area contributed by atoms with E-state index in [0.29, 0.717) is 12.2 Å². The highest BCUT2D eigenvalue weighted by atomic mass is 19.1. The zero-order valence-corrected chi connectivity index (χ0v) is 17.6. The minimum absolute atomic E-state index is 0.0486. The van der Waals surface area contributed by atoms with E-state index in [1.807, 2.05) is 13.8 Å². The van der Waals surface area contributed by atoms with E-state index in [1.165, 1.54) is 6.20 Å². The van der Waals surface area contributed by atoms with Crippen molar-refractivity contribution < 1.29 is 18.0 Å². The Morgan fingerprint density at radius 1 is 1.16 bits per heavy atom. The number of aromatic nitrogens is 3. The highest BCUT2D eigenvalue weighted by molar-refractivity contribution is 6.11. The summed E-state index contributed by atoms with van der Waals surface area (Å²) < 4.78 is 42.3. The van der Waals surface area contributed by atoms with Crippen molar-refractivity contribution in [1.29, 1.82) is 0 Å². The third-order valence-electron chi connectivity index (χ3n) is 5.30. The smallest absolute Gasteiger partial charge is 0.261 e. The Morgan fingerprint density at radius 3 is 2.62 bits per heavy atom. The highest BCUT2D eigenvalue weighted by Gasteiger charge is 2.30. The second-order valence-electron chi connectivity index (χ2n) is 7.96. The predicted molar refractivity (Wildman–Crippen MR) is 115 cm³/mol. The van der Waals surface area contributed by atoms with Gasteiger partial charge in [-0.3, -0.25) is 9.78 Å². The molecule has 4 rings (SSSR count). The topological polar surface area (TPSA) is 71.0 Å². The van der Waals surface area contributed by atoms with Gasteiger partial charge in [0.2, 0.25) is 0 Å². The summed E-state index contributed by atoms with van der Waals surface area (Å²) in [6.07, 6.45) is 1.90. The molecule has 6 nitrogen and oxygen atoms in total. The Kier molecular flexibility index (Phi) is 6.07. The van der Waals surface area contributed by atoms with Crippen LogP contribution in [0.2, 0.25) is 0 Å². The second kappa shape index (κ2) is 8.94. The molecule has 3 aromatic rings. The molecule has 0 saturated carbocycles. The van der Waals surface area contributed by atoms with E-state index in [0.717, 1.165) is 30.2 Å². The van der Waals surface area contributed by atoms with Crippen molar-refractivity contribution in [3.8, 4) is 11.3 Å². The van der Waals surface area contributed by atoms with Gasteiger partial charge in [-0.25, -0.2) is 23.1 Å². The van der Waals surface area contributed by atoms with Crippen molar-refractivity contribution in [3.63, 3.8) is 0 Å². The Morgan fingerprint density at radius 2 is 1.97 bits per heavy atom. The summed E-state index contributed by atoms with van der Waals surface area (Å²) in [6, 6.07) is 6.43. The first-order valence-electron chi connectivity index (χ1n) is 10.3. The van der Waals surface area contributed by atoms with Gasteiger partial charge in [-0.05, 0) is 42.7 Å². The molecule has 166 valence electrons. The maximum atomic E-state index is 14.6. The van der Waals surface area contributed by atoms with Crippen LogP contribution in [0.15, 0.2) is 42.9 Å². The zero-order chi connectivity index (χ0) is 22.8. The number of amides is 1. The highest BCUT2D eigenvalue weighted by Crippen LogP contribution is 2.32. The maximum Gasteiger partial charge on any atom is 0.261 e. The summed E-state index contributed by atoms with van der Waals surface area (Å²) >= 11 is 0. The first-order chi connectivity index (χ1) is 15.3. The minimum Gasteiger partial charge on any atom is -0.353 e. The summed E-state index contributed by atoms with van der Waals surface area (Å²) in [5.74, 6) is -1.65. The Bertz CT molecular complexity index is 1140. The molecule has 1 atom stereocenters. The molecular weight excluding hydrogens is 419 g/mol. The van der Waals surface area contributed by atoms with Crippen LogP contribution in [0.5, 0.6) is 0 Å². The molecule has 3 heterocycles. The Labute approximate surface area is 183 Å². The lowest BCUT2D eigenvalue weighted by Gasteiger charge is -2.21. The van der Waals surface area contributed by atoms with Gasteiger partial charge in [0, 0.05) is 17.8 Å². The van der Waals surface area contributed by atoms with Gasteiger partial charge in [-0.1, -0.05) is 13.8 Å². The van der Waals surface area contributed by atoms with Gasteiger partial charge in [0.05, 0.1) is 24.1 Å². The minimum atomic E-state index is -1.07. The average molecular weight is 441 g/mol. The van der Waals surface area contributed by atoms with Gasteiger partial charge in [0.25, 0.3) is 5.91 Å². The molecule has 2 aromatic heterocycles. The van der Waals surface area contributed by atoms with E-state index in [4.69, 9.17) is 0 Å². The molecule has 1 N–H and O–H groups in total. The van der Waals surface area contributed by atoms with Gasteiger partial charge >= 0.3 is 0 Å². The molecule has 1 saturated heterocycles. The number of anilines is 2. The van der Waals surface area contributed by atoms with Crippen LogP contribution in [0.3, 0.4) is 0 Å². The summed E-state index contributed by atoms with van der Waals surface area (Å²) in [7, 11) is 0. The number of alkyl halides is 1. The quantitative estimate of drug-likeness (QED) is 0.619. The van der Waals surface area contributed by atoms with Crippen LogP contribution in [-0.2, 0) is 0 Å². The van der Waals surface area contributed by atoms with E-state index in [-0.39, 0.29) is 41.5 Å². The van der Waals surface area contributed by atoms with Crippen molar-refractivity contribution in [2.45, 2.75) is 32.4 Å². The fourth-order valence-corrected chi connectivity index (χ4v) is 3.63. The summed E-state index contributed by atoms with van der Waals surface area (Å²) in [5.41, 5.74) is 0.977. The normalized spacial score (nSPS) is 15.9. The maximum absolute atomic E-state index is 14.6. The van der Waals surface area contributed by atoms with Gasteiger partial charge < -0.3 is 10.2 Å². The molecule has 0 bridgehead atoms. The molecule has 0 radical (unpaired) electrons. The molecule has 32 heavy (non-hydrogen) atoms. The largest absolute Gasteiger partial charge is 0.353 e. The van der Waals surface area contributed by atoms with Crippen molar-refractivity contribution in [2.75, 3.05) is 23.3 Å². The lowest BCUT2D eigenvalue weighted by atomic mass is 10.0. The predicted octanol–water partition coefficient (Wildman–Crippen LogP) is 4.74. The van der Waals surface area contributed by atoms with Crippen LogP contribution in [0.1, 0.15) is 42.2 Å². The molecule has 0 unspecified atom stereocenters. The Balaban J connectivity index is 1.78. The van der Waals surface area contributed by atoms with Crippen molar-refractivity contribution in [1.82, 2.24) is 15.0 Å². The molecular formula is C23H22F3N5O. The zero-order valence-electron chi connectivity index (χ0n) is 17.6. The number of carbonyl (C=O) groups excluding carboxylic acids is 1. The van der Waals surface area contributed by atoms with Crippen LogP contribution >= 0.6 is 0 Å². The van der Waals surface area contributed by atoms with Crippen LogP contribution in [0, 0.1) is 11.6 Å². The van der Waals surface area contributed by atoms with E-state index < -0.39 is 23.7 Å². The van der Waals surface area contributed by atoms with Crippen molar-refractivity contribution >= 4 is 17.4 Å². The lowest BCUT2D eigenvalue weighted by molar-refractivity contribution is 0.102. The first-order valence-corrected chi connectivity index (χ1v) is 10.3. The van der Waals surface area contributed by atoms with Gasteiger partial charge in [-0.2, -0.15) is 0 Å². The van der Waals surface area contributed by atoms with Crippen LogP contribution < -0.4 is 10.2 Å². The van der Waals surface area contributed by atoms with E-state index in [1.54, 1.807) is 17.0 Å². The molecule has 1 aliphatic heterocycles. The number of pyridine rings is 1. The third kappa shape index (κ3) is 4.42. The summed E-state index contributed by atoms with van der Waals surface area (Å²) in [6.45, 7) is 4.39. The number of halogens is 3. The number of benzene rings is 1. The van der Waals surface area contributed by atoms with Crippen molar-refractivity contribution in [2.24, 2.45) is 0 Å². The molecule has 1 aliphatic rings.